The molecule has 0 aliphatic rings. The minimum atomic E-state index is -1.26. The van der Waals surface area contributed by atoms with E-state index in [2.05, 4.69) is 15.6 Å². The lowest BCUT2D eigenvalue weighted by Crippen LogP contribution is -2.48. The van der Waals surface area contributed by atoms with Crippen molar-refractivity contribution in [2.24, 2.45) is 0 Å². The van der Waals surface area contributed by atoms with Crippen LogP contribution in [0.2, 0.25) is 0 Å². The monoisotopic (exact) mass is 220 g/mol. The van der Waals surface area contributed by atoms with Gasteiger partial charge in [0.05, 0.1) is 19.1 Å². The van der Waals surface area contributed by atoms with E-state index in [0.29, 0.717) is 0 Å². The molecule has 0 radical (unpaired) electrons. The Morgan fingerprint density at radius 2 is 2.07 bits per heavy atom. The lowest BCUT2D eigenvalue weighted by Gasteiger charge is -2.18. The molecule has 0 saturated carbocycles. The van der Waals surface area contributed by atoms with E-state index < -0.39 is 18.2 Å². The standard InChI is InChI=1S/C9H17FN2O3/c1-4-15-9(14)5-8(6(2)10)12-11-7(3)13/h6,8,12H,4-5H2,1-3H3,(H,11,13). The first-order valence-corrected chi connectivity index (χ1v) is 4.79. The van der Waals surface area contributed by atoms with Crippen LogP contribution in [0.5, 0.6) is 0 Å². The molecule has 0 aromatic rings. The van der Waals surface area contributed by atoms with Crippen molar-refractivity contribution in [2.45, 2.75) is 39.4 Å². The molecule has 0 saturated heterocycles. The van der Waals surface area contributed by atoms with Gasteiger partial charge in [0.15, 0.2) is 0 Å². The summed E-state index contributed by atoms with van der Waals surface area (Å²) in [4.78, 5) is 21.6. The van der Waals surface area contributed by atoms with E-state index in [4.69, 9.17) is 0 Å². The highest BCUT2D eigenvalue weighted by Gasteiger charge is 2.20. The van der Waals surface area contributed by atoms with E-state index in [0.717, 1.165) is 0 Å². The van der Waals surface area contributed by atoms with E-state index in [1.807, 2.05) is 0 Å². The summed E-state index contributed by atoms with van der Waals surface area (Å²) in [6, 6.07) is -0.770. The van der Waals surface area contributed by atoms with Gasteiger partial charge >= 0.3 is 5.97 Å². The summed E-state index contributed by atoms with van der Waals surface area (Å²) in [5, 5.41) is 0. The van der Waals surface area contributed by atoms with Crippen LogP contribution in [-0.2, 0) is 14.3 Å². The summed E-state index contributed by atoms with van der Waals surface area (Å²) in [5.74, 6) is -0.839. The number of ether oxygens (including phenoxy) is 1. The van der Waals surface area contributed by atoms with Crippen molar-refractivity contribution in [1.29, 1.82) is 0 Å². The lowest BCUT2D eigenvalue weighted by atomic mass is 10.1. The van der Waals surface area contributed by atoms with Gasteiger partial charge < -0.3 is 4.74 Å². The summed E-state index contributed by atoms with van der Waals surface area (Å²) in [6.45, 7) is 4.52. The molecule has 5 nitrogen and oxygen atoms in total. The number of carbonyl (C=O) groups excluding carboxylic acids is 2. The molecule has 0 aliphatic heterocycles. The summed E-state index contributed by atoms with van der Waals surface area (Å²) in [6.07, 6.45) is -1.38. The Balaban J connectivity index is 4.04. The number of halogens is 1. The molecule has 0 bridgehead atoms. The van der Waals surface area contributed by atoms with Gasteiger partial charge in [0, 0.05) is 6.92 Å². The van der Waals surface area contributed by atoms with Crippen LogP contribution in [0.25, 0.3) is 0 Å². The molecule has 6 heteroatoms. The molecule has 0 aliphatic carbocycles. The average Bonchev–Trinajstić information content (AvgIpc) is 2.11. The molecule has 0 rings (SSSR count). The molecule has 1 amide bonds. The molecule has 88 valence electrons. The van der Waals surface area contributed by atoms with Gasteiger partial charge in [-0.3, -0.25) is 15.0 Å². The van der Waals surface area contributed by atoms with Crippen molar-refractivity contribution in [1.82, 2.24) is 10.9 Å². The molecule has 0 aromatic heterocycles. The summed E-state index contributed by atoms with van der Waals surface area (Å²) >= 11 is 0. The normalized spacial score (nSPS) is 14.1. The second kappa shape index (κ2) is 7.17. The first kappa shape index (κ1) is 13.8. The predicted molar refractivity (Wildman–Crippen MR) is 52.6 cm³/mol. The molecule has 15 heavy (non-hydrogen) atoms. The molecule has 0 fully saturated rings. The Morgan fingerprint density at radius 1 is 1.47 bits per heavy atom. The maximum absolute atomic E-state index is 13.0. The number of rotatable bonds is 6. The molecule has 0 heterocycles. The molecular weight excluding hydrogens is 203 g/mol. The third kappa shape index (κ3) is 6.84. The van der Waals surface area contributed by atoms with Crippen molar-refractivity contribution >= 4 is 11.9 Å². The third-order valence-corrected chi connectivity index (χ3v) is 1.68. The third-order valence-electron chi connectivity index (χ3n) is 1.68. The van der Waals surface area contributed by atoms with Crippen LogP contribution in [0, 0.1) is 0 Å². The minimum Gasteiger partial charge on any atom is -0.466 e. The summed E-state index contributed by atoms with van der Waals surface area (Å²) in [7, 11) is 0. The highest BCUT2D eigenvalue weighted by atomic mass is 19.1. The van der Waals surface area contributed by atoms with Crippen LogP contribution >= 0.6 is 0 Å². The van der Waals surface area contributed by atoms with E-state index in [-0.39, 0.29) is 18.9 Å². The van der Waals surface area contributed by atoms with Gasteiger partial charge in [-0.1, -0.05) is 0 Å². The van der Waals surface area contributed by atoms with Crippen molar-refractivity contribution in [3.63, 3.8) is 0 Å². The zero-order valence-electron chi connectivity index (χ0n) is 9.17. The number of hydrogen-bond acceptors (Lipinski definition) is 4. The van der Waals surface area contributed by atoms with Gasteiger partial charge in [-0.2, -0.15) is 0 Å². The van der Waals surface area contributed by atoms with E-state index >= 15 is 0 Å². The second-order valence-electron chi connectivity index (χ2n) is 3.12. The second-order valence-corrected chi connectivity index (χ2v) is 3.12. The number of nitrogens with one attached hydrogen (secondary N) is 2. The van der Waals surface area contributed by atoms with Crippen LogP contribution in [-0.4, -0.2) is 30.7 Å². The van der Waals surface area contributed by atoms with Gasteiger partial charge in [-0.25, -0.2) is 9.82 Å². The molecule has 0 aromatic carbocycles. The Hall–Kier alpha value is -1.17. The summed E-state index contributed by atoms with van der Waals surface area (Å²) in [5.41, 5.74) is 4.67. The first-order chi connectivity index (χ1) is 6.97. The highest BCUT2D eigenvalue weighted by molar-refractivity contribution is 5.72. The van der Waals surface area contributed by atoms with E-state index in [1.165, 1.54) is 13.8 Å². The van der Waals surface area contributed by atoms with Crippen LogP contribution in [0.4, 0.5) is 4.39 Å². The minimum absolute atomic E-state index is 0.119. The maximum Gasteiger partial charge on any atom is 0.307 e. The number of esters is 1. The van der Waals surface area contributed by atoms with Gasteiger partial charge in [0.25, 0.3) is 0 Å². The van der Waals surface area contributed by atoms with Crippen LogP contribution in [0.15, 0.2) is 0 Å². The smallest absolute Gasteiger partial charge is 0.307 e. The van der Waals surface area contributed by atoms with Gasteiger partial charge in [0.1, 0.15) is 6.17 Å². The van der Waals surface area contributed by atoms with Gasteiger partial charge in [-0.05, 0) is 13.8 Å². The van der Waals surface area contributed by atoms with Gasteiger partial charge in [-0.15, -0.1) is 0 Å². The Kier molecular flexibility index (Phi) is 6.61. The van der Waals surface area contributed by atoms with Crippen LogP contribution in [0.3, 0.4) is 0 Å². The molecule has 2 atom stereocenters. The zero-order chi connectivity index (χ0) is 11.8. The number of hydrazine groups is 1. The highest BCUT2D eigenvalue weighted by Crippen LogP contribution is 2.03. The Morgan fingerprint density at radius 3 is 2.47 bits per heavy atom. The van der Waals surface area contributed by atoms with Crippen LogP contribution < -0.4 is 10.9 Å². The average molecular weight is 220 g/mol. The number of amides is 1. The van der Waals surface area contributed by atoms with Crippen molar-refractivity contribution in [3.05, 3.63) is 0 Å². The van der Waals surface area contributed by atoms with Crippen molar-refractivity contribution in [2.75, 3.05) is 6.61 Å². The largest absolute Gasteiger partial charge is 0.466 e. The quantitative estimate of drug-likeness (QED) is 0.499. The fraction of sp³-hybridized carbons (Fsp3) is 0.778. The van der Waals surface area contributed by atoms with Crippen LogP contribution in [0.1, 0.15) is 27.2 Å². The predicted octanol–water partition coefficient (Wildman–Crippen LogP) is 0.307. The topological polar surface area (TPSA) is 67.4 Å². The SMILES string of the molecule is CCOC(=O)CC(NNC(C)=O)C(C)F. The zero-order valence-corrected chi connectivity index (χ0v) is 9.17. The Labute approximate surface area is 88.3 Å². The fourth-order valence-electron chi connectivity index (χ4n) is 0.922. The summed E-state index contributed by atoms with van der Waals surface area (Å²) < 4.78 is 17.7. The molecule has 0 spiro atoms. The first-order valence-electron chi connectivity index (χ1n) is 4.79. The lowest BCUT2D eigenvalue weighted by molar-refractivity contribution is -0.144. The Bertz CT molecular complexity index is 221. The molecule has 2 N–H and O–H groups in total. The number of hydrogen-bond donors (Lipinski definition) is 2. The maximum atomic E-state index is 13.0. The van der Waals surface area contributed by atoms with Gasteiger partial charge in [0.2, 0.25) is 5.91 Å². The fourth-order valence-corrected chi connectivity index (χ4v) is 0.922. The van der Waals surface area contributed by atoms with E-state index in [1.54, 1.807) is 6.92 Å². The van der Waals surface area contributed by atoms with E-state index in [9.17, 15) is 14.0 Å². The molecular formula is C9H17FN2O3. The van der Waals surface area contributed by atoms with Crippen molar-refractivity contribution < 1.29 is 18.7 Å². The van der Waals surface area contributed by atoms with Crippen molar-refractivity contribution in [3.8, 4) is 0 Å². The number of alkyl halides is 1. The number of carbonyl (C=O) groups is 2. The molecule has 2 unspecified atom stereocenters.